The Morgan fingerprint density at radius 3 is 2.43 bits per heavy atom. The van der Waals surface area contributed by atoms with Crippen LogP contribution in [0.15, 0.2) is 24.3 Å². The van der Waals surface area contributed by atoms with E-state index in [1.165, 1.54) is 4.90 Å². The number of carbonyl (C=O) groups excluding carboxylic acids is 1. The van der Waals surface area contributed by atoms with Gasteiger partial charge in [0.05, 0.1) is 36.9 Å². The Bertz CT molecular complexity index is 484. The average Bonchev–Trinajstić information content (AvgIpc) is 2.46. The largest absolute Gasteiger partial charge is 0.359 e. The second-order valence-electron chi connectivity index (χ2n) is 5.98. The lowest BCUT2D eigenvalue weighted by atomic mass is 10.2. The maximum Gasteiger partial charge on any atom is 0.278 e. The van der Waals surface area contributed by atoms with E-state index < -0.39 is 0 Å². The van der Waals surface area contributed by atoms with Gasteiger partial charge in [-0.25, -0.2) is 0 Å². The first-order valence-corrected chi connectivity index (χ1v) is 8.01. The number of hydrogen-bond donors (Lipinski definition) is 2. The third kappa shape index (κ3) is 4.11. The van der Waals surface area contributed by atoms with E-state index in [0.29, 0.717) is 0 Å². The van der Waals surface area contributed by atoms with Crippen LogP contribution >= 0.6 is 11.6 Å². The highest BCUT2D eigenvalue weighted by Gasteiger charge is 2.29. The van der Waals surface area contributed by atoms with Gasteiger partial charge in [-0.15, -0.1) is 0 Å². The number of anilines is 1. The molecule has 1 aliphatic heterocycles. The molecule has 1 atom stereocenters. The molecule has 0 bridgehead atoms. The molecule has 0 radical (unpaired) electrons. The molecule has 2 rings (SSSR count). The molecule has 0 spiro atoms. The third-order valence-corrected chi connectivity index (χ3v) is 4.36. The van der Waals surface area contributed by atoms with E-state index in [2.05, 4.69) is 16.3 Å². The maximum atomic E-state index is 12.1. The van der Waals surface area contributed by atoms with Crippen LogP contribution in [0.4, 0.5) is 5.69 Å². The molecule has 5 heteroatoms. The van der Waals surface area contributed by atoms with Crippen molar-refractivity contribution in [2.75, 3.05) is 31.1 Å². The van der Waals surface area contributed by atoms with Gasteiger partial charge < -0.3 is 15.1 Å². The number of rotatable bonds is 4. The average molecular weight is 311 g/mol. The van der Waals surface area contributed by atoms with E-state index in [9.17, 15) is 4.79 Å². The second kappa shape index (κ2) is 7.14. The van der Waals surface area contributed by atoms with Crippen LogP contribution in [0, 0.1) is 0 Å². The molecule has 2 N–H and O–H groups in total. The van der Waals surface area contributed by atoms with Crippen LogP contribution in [0.2, 0.25) is 5.02 Å². The Hall–Kier alpha value is -1.26. The fraction of sp³-hybridized carbons (Fsp3) is 0.562. The normalized spacial score (nSPS) is 17.9. The first-order chi connectivity index (χ1) is 9.99. The third-order valence-electron chi connectivity index (χ3n) is 4.04. The summed E-state index contributed by atoms with van der Waals surface area (Å²) in [5.41, 5.74) is 1.09. The fourth-order valence-electron chi connectivity index (χ4n) is 2.77. The zero-order chi connectivity index (χ0) is 15.4. The van der Waals surface area contributed by atoms with Crippen molar-refractivity contribution in [2.24, 2.45) is 0 Å². The van der Waals surface area contributed by atoms with E-state index in [0.717, 1.165) is 36.9 Å². The van der Waals surface area contributed by atoms with Gasteiger partial charge in [-0.3, -0.25) is 4.79 Å². The lowest BCUT2D eigenvalue weighted by Crippen LogP contribution is -3.19. The predicted molar refractivity (Wildman–Crippen MR) is 87.1 cm³/mol. The number of quaternary nitrogens is 1. The van der Waals surface area contributed by atoms with Crippen molar-refractivity contribution in [3.63, 3.8) is 0 Å². The number of nitrogens with one attached hydrogen (secondary N) is 2. The molecule has 116 valence electrons. The van der Waals surface area contributed by atoms with Gasteiger partial charge in [0.25, 0.3) is 5.91 Å². The summed E-state index contributed by atoms with van der Waals surface area (Å²) in [5, 5.41) is 3.80. The summed E-state index contributed by atoms with van der Waals surface area (Å²) in [6, 6.07) is 8.14. The zero-order valence-corrected chi connectivity index (χ0v) is 13.8. The summed E-state index contributed by atoms with van der Waals surface area (Å²) < 4.78 is 0. The molecular weight excluding hydrogens is 286 g/mol. The molecule has 0 aromatic heterocycles. The van der Waals surface area contributed by atoms with Crippen LogP contribution in [-0.2, 0) is 4.79 Å². The van der Waals surface area contributed by atoms with Gasteiger partial charge in [0.2, 0.25) is 0 Å². The van der Waals surface area contributed by atoms with Gasteiger partial charge >= 0.3 is 0 Å². The van der Waals surface area contributed by atoms with Gasteiger partial charge in [-0.05, 0) is 32.9 Å². The van der Waals surface area contributed by atoms with Crippen LogP contribution in [-0.4, -0.2) is 44.2 Å². The summed E-state index contributed by atoms with van der Waals surface area (Å²) in [7, 11) is 0. The van der Waals surface area contributed by atoms with Crippen molar-refractivity contribution in [3.05, 3.63) is 29.3 Å². The Balaban J connectivity index is 1.91. The first-order valence-electron chi connectivity index (χ1n) is 7.63. The molecule has 1 aromatic rings. The molecule has 1 saturated heterocycles. The summed E-state index contributed by atoms with van der Waals surface area (Å²) >= 11 is 6.25. The zero-order valence-electron chi connectivity index (χ0n) is 13.0. The number of halogens is 1. The van der Waals surface area contributed by atoms with E-state index in [-0.39, 0.29) is 18.0 Å². The number of benzene rings is 1. The minimum Gasteiger partial charge on any atom is -0.359 e. The molecule has 1 heterocycles. The van der Waals surface area contributed by atoms with Crippen molar-refractivity contribution in [1.29, 1.82) is 0 Å². The smallest absolute Gasteiger partial charge is 0.278 e. The fourth-order valence-corrected chi connectivity index (χ4v) is 3.03. The van der Waals surface area contributed by atoms with Gasteiger partial charge in [-0.1, -0.05) is 23.7 Å². The predicted octanol–water partition coefficient (Wildman–Crippen LogP) is 0.958. The highest BCUT2D eigenvalue weighted by atomic mass is 35.5. The molecule has 0 unspecified atom stereocenters. The maximum absolute atomic E-state index is 12.1. The van der Waals surface area contributed by atoms with Gasteiger partial charge in [0.1, 0.15) is 0 Å². The van der Waals surface area contributed by atoms with Crippen LogP contribution in [0.5, 0.6) is 0 Å². The second-order valence-corrected chi connectivity index (χ2v) is 6.39. The lowest BCUT2D eigenvalue weighted by molar-refractivity contribution is -0.914. The number of piperazine rings is 1. The van der Waals surface area contributed by atoms with Crippen molar-refractivity contribution in [3.8, 4) is 0 Å². The number of para-hydroxylation sites is 1. The van der Waals surface area contributed by atoms with Gasteiger partial charge in [-0.2, -0.15) is 0 Å². The van der Waals surface area contributed by atoms with Crippen molar-refractivity contribution in [1.82, 2.24) is 5.32 Å². The monoisotopic (exact) mass is 310 g/mol. The molecule has 1 aliphatic rings. The van der Waals surface area contributed by atoms with Crippen LogP contribution in [0.3, 0.4) is 0 Å². The molecule has 21 heavy (non-hydrogen) atoms. The van der Waals surface area contributed by atoms with Crippen LogP contribution < -0.4 is 15.1 Å². The van der Waals surface area contributed by atoms with E-state index in [1.807, 2.05) is 39.0 Å². The number of nitrogens with zero attached hydrogens (tertiary/aromatic N) is 1. The molecule has 1 fully saturated rings. The van der Waals surface area contributed by atoms with Gasteiger partial charge in [0.15, 0.2) is 6.04 Å². The molecule has 0 saturated carbocycles. The standard InChI is InChI=1S/C16H24ClN3O/c1-12(2)18-16(21)13(3)19-8-10-20(11-9-19)15-7-5-4-6-14(15)17/h4-7,12-13H,8-11H2,1-3H3,(H,18,21)/p+1/t13-/m1/s1. The lowest BCUT2D eigenvalue weighted by Gasteiger charge is -2.36. The number of carbonyl (C=O) groups is 1. The number of hydrogen-bond acceptors (Lipinski definition) is 2. The summed E-state index contributed by atoms with van der Waals surface area (Å²) in [5.74, 6) is 0.145. The van der Waals surface area contributed by atoms with Crippen molar-refractivity contribution < 1.29 is 9.69 Å². The molecule has 1 aromatic carbocycles. The van der Waals surface area contributed by atoms with E-state index in [1.54, 1.807) is 0 Å². The number of amides is 1. The highest BCUT2D eigenvalue weighted by Crippen LogP contribution is 2.24. The SMILES string of the molecule is CC(C)NC(=O)[C@@H](C)[NH+]1CCN(c2ccccc2Cl)CC1. The molecule has 0 aliphatic carbocycles. The van der Waals surface area contributed by atoms with E-state index >= 15 is 0 Å². The quantitative estimate of drug-likeness (QED) is 0.869. The van der Waals surface area contributed by atoms with Crippen LogP contribution in [0.25, 0.3) is 0 Å². The van der Waals surface area contributed by atoms with Crippen LogP contribution in [0.1, 0.15) is 20.8 Å². The van der Waals surface area contributed by atoms with Crippen molar-refractivity contribution >= 4 is 23.2 Å². The molecule has 4 nitrogen and oxygen atoms in total. The summed E-state index contributed by atoms with van der Waals surface area (Å²) in [6.45, 7) is 9.77. The van der Waals surface area contributed by atoms with Gasteiger partial charge in [0, 0.05) is 6.04 Å². The summed E-state index contributed by atoms with van der Waals surface area (Å²) in [4.78, 5) is 15.7. The Morgan fingerprint density at radius 2 is 1.86 bits per heavy atom. The first kappa shape index (κ1) is 16.1. The topological polar surface area (TPSA) is 36.8 Å². The highest BCUT2D eigenvalue weighted by molar-refractivity contribution is 6.33. The Labute approximate surface area is 132 Å². The molecular formula is C16H25ClN3O+. The molecule has 1 amide bonds. The Kier molecular flexibility index (Phi) is 5.48. The minimum atomic E-state index is 0.000736. The summed E-state index contributed by atoms with van der Waals surface area (Å²) in [6.07, 6.45) is 0. The Morgan fingerprint density at radius 1 is 1.24 bits per heavy atom. The van der Waals surface area contributed by atoms with E-state index in [4.69, 9.17) is 11.6 Å². The minimum absolute atomic E-state index is 0.000736. The van der Waals surface area contributed by atoms with Crippen molar-refractivity contribution in [2.45, 2.75) is 32.9 Å².